The second-order valence-corrected chi connectivity index (χ2v) is 6.32. The Balaban J connectivity index is 2.28. The molecule has 20 heavy (non-hydrogen) atoms. The van der Waals surface area contributed by atoms with Crippen molar-refractivity contribution in [2.24, 2.45) is 5.73 Å². The number of hydrogen-bond acceptors (Lipinski definition) is 2. The van der Waals surface area contributed by atoms with Crippen molar-refractivity contribution < 1.29 is 0 Å². The summed E-state index contributed by atoms with van der Waals surface area (Å²) in [6, 6.07) is 7.98. The number of likely N-dealkylation sites (tertiary alicyclic amines) is 1. The van der Waals surface area contributed by atoms with E-state index in [4.69, 9.17) is 5.73 Å². The lowest BCUT2D eigenvalue weighted by molar-refractivity contribution is 0.136. The van der Waals surface area contributed by atoms with Crippen molar-refractivity contribution in [1.29, 1.82) is 0 Å². The minimum absolute atomic E-state index is 0.386. The van der Waals surface area contributed by atoms with Crippen LogP contribution < -0.4 is 5.73 Å². The van der Waals surface area contributed by atoms with E-state index in [0.717, 1.165) is 6.54 Å². The van der Waals surface area contributed by atoms with E-state index < -0.39 is 0 Å². The van der Waals surface area contributed by atoms with Crippen LogP contribution in [0, 0.1) is 13.8 Å². The summed E-state index contributed by atoms with van der Waals surface area (Å²) >= 11 is 0. The highest BCUT2D eigenvalue weighted by Gasteiger charge is 2.27. The Morgan fingerprint density at radius 1 is 1.15 bits per heavy atom. The van der Waals surface area contributed by atoms with E-state index in [9.17, 15) is 0 Å². The fourth-order valence-electron chi connectivity index (χ4n) is 3.71. The van der Waals surface area contributed by atoms with Crippen molar-refractivity contribution in [2.75, 3.05) is 13.1 Å². The van der Waals surface area contributed by atoms with Crippen molar-refractivity contribution >= 4 is 0 Å². The Labute approximate surface area is 124 Å². The Bertz CT molecular complexity index is 407. The summed E-state index contributed by atoms with van der Waals surface area (Å²) in [5.74, 6) is 0. The highest BCUT2D eigenvalue weighted by molar-refractivity contribution is 5.31. The van der Waals surface area contributed by atoms with Crippen molar-refractivity contribution in [1.82, 2.24) is 4.90 Å². The fourth-order valence-corrected chi connectivity index (χ4v) is 3.71. The topological polar surface area (TPSA) is 29.3 Å². The van der Waals surface area contributed by atoms with Crippen LogP contribution in [-0.2, 0) is 0 Å². The smallest absolute Gasteiger partial charge is 0.0473 e. The maximum Gasteiger partial charge on any atom is 0.0473 e. The van der Waals surface area contributed by atoms with Crippen molar-refractivity contribution in [3.8, 4) is 0 Å². The molecule has 1 aromatic rings. The predicted octanol–water partition coefficient (Wildman–Crippen LogP) is 3.96. The molecule has 2 atom stereocenters. The van der Waals surface area contributed by atoms with E-state index in [-0.39, 0.29) is 0 Å². The number of aryl methyl sites for hydroxylation is 2. The summed E-state index contributed by atoms with van der Waals surface area (Å²) in [6.45, 7) is 8.61. The lowest BCUT2D eigenvalue weighted by atomic mass is 9.97. The number of hydrogen-bond donors (Lipinski definition) is 1. The van der Waals surface area contributed by atoms with Gasteiger partial charge in [0.1, 0.15) is 0 Å². The van der Waals surface area contributed by atoms with Crippen LogP contribution in [0.4, 0.5) is 0 Å². The molecule has 1 aliphatic heterocycles. The molecule has 2 unspecified atom stereocenters. The summed E-state index contributed by atoms with van der Waals surface area (Å²) in [7, 11) is 0. The van der Waals surface area contributed by atoms with Gasteiger partial charge in [0.2, 0.25) is 0 Å². The summed E-state index contributed by atoms with van der Waals surface area (Å²) in [5.41, 5.74) is 10.3. The number of rotatable bonds is 4. The van der Waals surface area contributed by atoms with Crippen molar-refractivity contribution in [3.63, 3.8) is 0 Å². The third-order valence-electron chi connectivity index (χ3n) is 4.65. The van der Waals surface area contributed by atoms with Crippen LogP contribution in [0.1, 0.15) is 61.8 Å². The highest BCUT2D eigenvalue weighted by Crippen LogP contribution is 2.29. The first kappa shape index (κ1) is 15.5. The second-order valence-electron chi connectivity index (χ2n) is 6.32. The van der Waals surface area contributed by atoms with Crippen molar-refractivity contribution in [2.45, 2.75) is 65.0 Å². The molecule has 0 bridgehead atoms. The first-order valence-electron chi connectivity index (χ1n) is 8.19. The molecule has 1 aliphatic rings. The van der Waals surface area contributed by atoms with Crippen LogP contribution in [0.25, 0.3) is 0 Å². The SMILES string of the molecule is CCC1CCCCCN1C(CN)c1cc(C)cc(C)c1. The minimum atomic E-state index is 0.386. The van der Waals surface area contributed by atoms with Crippen LogP contribution in [0.2, 0.25) is 0 Å². The molecule has 0 radical (unpaired) electrons. The van der Waals surface area contributed by atoms with Gasteiger partial charge in [-0.1, -0.05) is 49.1 Å². The summed E-state index contributed by atoms with van der Waals surface area (Å²) in [5, 5.41) is 0. The lowest BCUT2D eigenvalue weighted by Gasteiger charge is -2.36. The van der Waals surface area contributed by atoms with E-state index in [1.165, 1.54) is 55.3 Å². The Hall–Kier alpha value is -0.860. The van der Waals surface area contributed by atoms with Gasteiger partial charge in [-0.05, 0) is 45.2 Å². The third kappa shape index (κ3) is 3.62. The number of nitrogens with zero attached hydrogens (tertiary/aromatic N) is 1. The molecule has 1 heterocycles. The molecule has 112 valence electrons. The molecule has 0 spiro atoms. The molecular formula is C18H30N2. The second kappa shape index (κ2) is 7.24. The van der Waals surface area contributed by atoms with Gasteiger partial charge in [0.15, 0.2) is 0 Å². The van der Waals surface area contributed by atoms with Crippen LogP contribution in [0.3, 0.4) is 0 Å². The van der Waals surface area contributed by atoms with Crippen LogP contribution in [0.5, 0.6) is 0 Å². The first-order valence-corrected chi connectivity index (χ1v) is 8.19. The Morgan fingerprint density at radius 2 is 1.85 bits per heavy atom. The average molecular weight is 274 g/mol. The van der Waals surface area contributed by atoms with E-state index >= 15 is 0 Å². The molecule has 1 aromatic carbocycles. The zero-order chi connectivity index (χ0) is 14.5. The summed E-state index contributed by atoms with van der Waals surface area (Å²) in [6.07, 6.45) is 6.63. The monoisotopic (exact) mass is 274 g/mol. The van der Waals surface area contributed by atoms with Gasteiger partial charge in [0, 0.05) is 18.6 Å². The molecule has 2 nitrogen and oxygen atoms in total. The highest BCUT2D eigenvalue weighted by atomic mass is 15.2. The number of benzene rings is 1. The van der Waals surface area contributed by atoms with Crippen LogP contribution in [0.15, 0.2) is 18.2 Å². The lowest BCUT2D eigenvalue weighted by Crippen LogP contribution is -2.41. The standard InChI is InChI=1S/C18H30N2/c1-4-17-8-6-5-7-9-20(17)18(13-19)16-11-14(2)10-15(3)12-16/h10-12,17-18H,4-9,13,19H2,1-3H3. The van der Waals surface area contributed by atoms with E-state index in [0.29, 0.717) is 12.1 Å². The molecule has 2 N–H and O–H groups in total. The Kier molecular flexibility index (Phi) is 5.62. The molecule has 0 amide bonds. The summed E-state index contributed by atoms with van der Waals surface area (Å²) < 4.78 is 0. The normalized spacial score (nSPS) is 22.5. The maximum absolute atomic E-state index is 6.16. The molecule has 0 aromatic heterocycles. The Morgan fingerprint density at radius 3 is 2.45 bits per heavy atom. The summed E-state index contributed by atoms with van der Waals surface area (Å²) in [4.78, 5) is 2.68. The average Bonchev–Trinajstić information content (AvgIpc) is 2.64. The largest absolute Gasteiger partial charge is 0.329 e. The van der Waals surface area contributed by atoms with Crippen LogP contribution in [-0.4, -0.2) is 24.0 Å². The van der Waals surface area contributed by atoms with Gasteiger partial charge in [-0.15, -0.1) is 0 Å². The zero-order valence-electron chi connectivity index (χ0n) is 13.4. The number of nitrogens with two attached hydrogens (primary N) is 1. The van der Waals surface area contributed by atoms with E-state index in [1.807, 2.05) is 0 Å². The van der Waals surface area contributed by atoms with Crippen LogP contribution >= 0.6 is 0 Å². The predicted molar refractivity (Wildman–Crippen MR) is 87.0 cm³/mol. The fraction of sp³-hybridized carbons (Fsp3) is 0.667. The maximum atomic E-state index is 6.16. The molecule has 0 saturated carbocycles. The third-order valence-corrected chi connectivity index (χ3v) is 4.65. The van der Waals surface area contributed by atoms with Gasteiger partial charge >= 0.3 is 0 Å². The molecule has 0 aliphatic carbocycles. The quantitative estimate of drug-likeness (QED) is 0.900. The van der Waals surface area contributed by atoms with Gasteiger partial charge in [-0.3, -0.25) is 4.90 Å². The van der Waals surface area contributed by atoms with Gasteiger partial charge < -0.3 is 5.73 Å². The molecule has 1 saturated heterocycles. The molecule has 2 rings (SSSR count). The van der Waals surface area contributed by atoms with Crippen molar-refractivity contribution in [3.05, 3.63) is 34.9 Å². The molecule has 1 fully saturated rings. The molecule has 2 heteroatoms. The van der Waals surface area contributed by atoms with Gasteiger partial charge in [0.05, 0.1) is 0 Å². The first-order chi connectivity index (χ1) is 9.65. The zero-order valence-corrected chi connectivity index (χ0v) is 13.4. The van der Waals surface area contributed by atoms with Gasteiger partial charge in [-0.2, -0.15) is 0 Å². The minimum Gasteiger partial charge on any atom is -0.329 e. The molecular weight excluding hydrogens is 244 g/mol. The van der Waals surface area contributed by atoms with E-state index in [2.05, 4.69) is 43.9 Å². The van der Waals surface area contributed by atoms with Gasteiger partial charge in [-0.25, -0.2) is 0 Å². The van der Waals surface area contributed by atoms with Gasteiger partial charge in [0.25, 0.3) is 0 Å². The van der Waals surface area contributed by atoms with E-state index in [1.54, 1.807) is 0 Å².